The largest absolute Gasteiger partial charge is 0.493 e. The molecule has 21 heavy (non-hydrogen) atoms. The lowest BCUT2D eigenvalue weighted by atomic mass is 10.1. The Kier molecular flexibility index (Phi) is 5.09. The number of hydrogen-bond donors (Lipinski definition) is 0. The first-order chi connectivity index (χ1) is 10.1. The van der Waals surface area contributed by atoms with Crippen molar-refractivity contribution in [3.8, 4) is 5.75 Å². The normalized spacial score (nSPS) is 10.4. The number of ketones is 1. The average molecular weight is 286 g/mol. The van der Waals surface area contributed by atoms with Gasteiger partial charge < -0.3 is 4.74 Å². The van der Waals surface area contributed by atoms with E-state index in [0.717, 1.165) is 16.9 Å². The molecule has 3 heteroatoms. The fraction of sp³-hybridized carbons (Fsp3) is 0.278. The maximum atomic E-state index is 12.8. The first-order valence-electron chi connectivity index (χ1n) is 7.05. The van der Waals surface area contributed by atoms with Crippen molar-refractivity contribution < 1.29 is 13.9 Å². The molecule has 0 saturated heterocycles. The van der Waals surface area contributed by atoms with Crippen molar-refractivity contribution in [2.24, 2.45) is 0 Å². The highest BCUT2D eigenvalue weighted by Crippen LogP contribution is 2.22. The zero-order valence-corrected chi connectivity index (χ0v) is 12.4. The van der Waals surface area contributed by atoms with Crippen LogP contribution in [0.2, 0.25) is 0 Å². The van der Waals surface area contributed by atoms with Crippen LogP contribution in [-0.4, -0.2) is 12.4 Å². The fourth-order valence-corrected chi connectivity index (χ4v) is 2.21. The Balaban J connectivity index is 1.82. The second-order valence-corrected chi connectivity index (χ2v) is 5.10. The summed E-state index contributed by atoms with van der Waals surface area (Å²) in [5, 5.41) is 0. The molecule has 2 nitrogen and oxygen atoms in total. The lowest BCUT2D eigenvalue weighted by molar-refractivity contribution is 0.0973. The predicted octanol–water partition coefficient (Wildman–Crippen LogP) is 4.48. The summed E-state index contributed by atoms with van der Waals surface area (Å²) in [7, 11) is 0. The number of carbonyl (C=O) groups is 1. The van der Waals surface area contributed by atoms with Crippen molar-refractivity contribution in [1.82, 2.24) is 0 Å². The maximum Gasteiger partial charge on any atom is 0.163 e. The third kappa shape index (κ3) is 4.15. The Bertz CT molecular complexity index is 597. The summed E-state index contributed by atoms with van der Waals surface area (Å²) in [5.41, 5.74) is 2.74. The molecular weight excluding hydrogens is 267 g/mol. The van der Waals surface area contributed by atoms with E-state index in [9.17, 15) is 9.18 Å². The molecule has 0 bridgehead atoms. The molecule has 0 heterocycles. The molecule has 0 aromatic heterocycles. The lowest BCUT2D eigenvalue weighted by Gasteiger charge is -2.11. The average Bonchev–Trinajstić information content (AvgIpc) is 2.46. The summed E-state index contributed by atoms with van der Waals surface area (Å²) in [6.45, 7) is 4.51. The topological polar surface area (TPSA) is 26.3 Å². The third-order valence-corrected chi connectivity index (χ3v) is 3.37. The first kappa shape index (κ1) is 15.2. The Morgan fingerprint density at radius 1 is 1.05 bits per heavy atom. The van der Waals surface area contributed by atoms with Crippen molar-refractivity contribution in [3.63, 3.8) is 0 Å². The number of halogens is 1. The van der Waals surface area contributed by atoms with E-state index < -0.39 is 0 Å². The SMILES string of the molecule is Cc1cccc(C)c1OCCCC(=O)c1ccc(F)cc1. The van der Waals surface area contributed by atoms with Gasteiger partial charge in [0.1, 0.15) is 11.6 Å². The van der Waals surface area contributed by atoms with Gasteiger partial charge in [0.2, 0.25) is 0 Å². The smallest absolute Gasteiger partial charge is 0.163 e. The van der Waals surface area contributed by atoms with Gasteiger partial charge in [0.25, 0.3) is 0 Å². The summed E-state index contributed by atoms with van der Waals surface area (Å²) in [5.74, 6) is 0.580. The zero-order chi connectivity index (χ0) is 15.2. The highest BCUT2D eigenvalue weighted by molar-refractivity contribution is 5.95. The minimum absolute atomic E-state index is 0.0140. The van der Waals surface area contributed by atoms with E-state index in [1.165, 1.54) is 24.3 Å². The molecule has 0 aliphatic heterocycles. The minimum Gasteiger partial charge on any atom is -0.493 e. The second-order valence-electron chi connectivity index (χ2n) is 5.10. The molecule has 2 aromatic rings. The van der Waals surface area contributed by atoms with Gasteiger partial charge >= 0.3 is 0 Å². The summed E-state index contributed by atoms with van der Waals surface area (Å²) in [4.78, 5) is 11.9. The monoisotopic (exact) mass is 286 g/mol. The second kappa shape index (κ2) is 7.02. The van der Waals surface area contributed by atoms with Crippen LogP contribution in [0.3, 0.4) is 0 Å². The molecule has 0 N–H and O–H groups in total. The molecule has 0 amide bonds. The van der Waals surface area contributed by atoms with Gasteiger partial charge in [-0.05, 0) is 55.7 Å². The highest BCUT2D eigenvalue weighted by atomic mass is 19.1. The zero-order valence-electron chi connectivity index (χ0n) is 12.4. The molecule has 0 radical (unpaired) electrons. The van der Waals surface area contributed by atoms with Crippen molar-refractivity contribution in [2.75, 3.05) is 6.61 Å². The Morgan fingerprint density at radius 3 is 2.29 bits per heavy atom. The number of rotatable bonds is 6. The van der Waals surface area contributed by atoms with Gasteiger partial charge in [-0.1, -0.05) is 18.2 Å². The van der Waals surface area contributed by atoms with Gasteiger partial charge in [0.15, 0.2) is 5.78 Å². The van der Waals surface area contributed by atoms with Gasteiger partial charge in [-0.2, -0.15) is 0 Å². The predicted molar refractivity (Wildman–Crippen MR) is 81.4 cm³/mol. The van der Waals surface area contributed by atoms with E-state index in [-0.39, 0.29) is 11.6 Å². The third-order valence-electron chi connectivity index (χ3n) is 3.37. The summed E-state index contributed by atoms with van der Waals surface area (Å²) >= 11 is 0. The molecule has 0 unspecified atom stereocenters. The van der Waals surface area contributed by atoms with Crippen LogP contribution in [0.1, 0.15) is 34.3 Å². The molecule has 2 aromatic carbocycles. The van der Waals surface area contributed by atoms with Crippen LogP contribution in [0.15, 0.2) is 42.5 Å². The van der Waals surface area contributed by atoms with E-state index in [0.29, 0.717) is 25.0 Å². The lowest BCUT2D eigenvalue weighted by Crippen LogP contribution is -2.05. The van der Waals surface area contributed by atoms with E-state index in [2.05, 4.69) is 0 Å². The van der Waals surface area contributed by atoms with Crippen LogP contribution < -0.4 is 4.74 Å². The van der Waals surface area contributed by atoms with Gasteiger partial charge in [0, 0.05) is 12.0 Å². The van der Waals surface area contributed by atoms with Crippen molar-refractivity contribution >= 4 is 5.78 Å². The highest BCUT2D eigenvalue weighted by Gasteiger charge is 2.07. The van der Waals surface area contributed by atoms with E-state index in [1.54, 1.807) is 0 Å². The van der Waals surface area contributed by atoms with Gasteiger partial charge in [-0.25, -0.2) is 4.39 Å². The standard InChI is InChI=1S/C18H19FO2/c1-13-5-3-6-14(2)18(13)21-12-4-7-17(20)15-8-10-16(19)11-9-15/h3,5-6,8-11H,4,7,12H2,1-2H3. The van der Waals surface area contributed by atoms with E-state index >= 15 is 0 Å². The summed E-state index contributed by atoms with van der Waals surface area (Å²) in [6, 6.07) is 11.7. The molecule has 110 valence electrons. The number of carbonyl (C=O) groups excluding carboxylic acids is 1. The summed E-state index contributed by atoms with van der Waals surface area (Å²) < 4.78 is 18.5. The van der Waals surface area contributed by atoms with Gasteiger partial charge in [0.05, 0.1) is 6.61 Å². The van der Waals surface area contributed by atoms with Crippen molar-refractivity contribution in [3.05, 3.63) is 65.0 Å². The van der Waals surface area contributed by atoms with Gasteiger partial charge in [-0.15, -0.1) is 0 Å². The number of ether oxygens (including phenoxy) is 1. The van der Waals surface area contributed by atoms with E-state index in [4.69, 9.17) is 4.74 Å². The van der Waals surface area contributed by atoms with Gasteiger partial charge in [-0.3, -0.25) is 4.79 Å². The van der Waals surface area contributed by atoms with Crippen LogP contribution in [-0.2, 0) is 0 Å². The molecule has 2 rings (SSSR count). The molecule has 0 aliphatic carbocycles. The Morgan fingerprint density at radius 2 is 1.67 bits per heavy atom. The molecule has 0 aliphatic rings. The Hall–Kier alpha value is -2.16. The van der Waals surface area contributed by atoms with Crippen LogP contribution in [0.25, 0.3) is 0 Å². The van der Waals surface area contributed by atoms with Crippen molar-refractivity contribution in [1.29, 1.82) is 0 Å². The molecule has 0 atom stereocenters. The molecule has 0 fully saturated rings. The van der Waals surface area contributed by atoms with E-state index in [1.807, 2.05) is 32.0 Å². The number of aryl methyl sites for hydroxylation is 2. The fourth-order valence-electron chi connectivity index (χ4n) is 2.21. The molecule has 0 saturated carbocycles. The summed E-state index contributed by atoms with van der Waals surface area (Å²) in [6.07, 6.45) is 1.04. The number of hydrogen-bond acceptors (Lipinski definition) is 2. The van der Waals surface area contributed by atoms with Crippen molar-refractivity contribution in [2.45, 2.75) is 26.7 Å². The number of Topliss-reactive ketones (excluding diaryl/α,β-unsaturated/α-hetero) is 1. The maximum absolute atomic E-state index is 12.8. The Labute approximate surface area is 124 Å². The first-order valence-corrected chi connectivity index (χ1v) is 7.05. The van der Waals surface area contributed by atoms with Crippen LogP contribution in [0.4, 0.5) is 4.39 Å². The quantitative estimate of drug-likeness (QED) is 0.578. The van der Waals surface area contributed by atoms with Crippen LogP contribution >= 0.6 is 0 Å². The van der Waals surface area contributed by atoms with Crippen LogP contribution in [0.5, 0.6) is 5.75 Å². The molecular formula is C18H19FO2. The minimum atomic E-state index is -0.329. The van der Waals surface area contributed by atoms with Crippen LogP contribution in [0, 0.1) is 19.7 Å². The molecule has 0 spiro atoms. The number of para-hydroxylation sites is 1. The number of benzene rings is 2.